The van der Waals surface area contributed by atoms with Crippen LogP contribution in [0.25, 0.3) is 10.1 Å². The van der Waals surface area contributed by atoms with Gasteiger partial charge in [0.15, 0.2) is 0 Å². The quantitative estimate of drug-likeness (QED) is 0.914. The fraction of sp³-hybridized carbons (Fsp3) is 0.375. The highest BCUT2D eigenvalue weighted by atomic mass is 32.1. The van der Waals surface area contributed by atoms with E-state index in [9.17, 15) is 14.7 Å². The summed E-state index contributed by atoms with van der Waals surface area (Å²) in [6.45, 7) is 1.72. The lowest BCUT2D eigenvalue weighted by molar-refractivity contribution is -0.148. The summed E-state index contributed by atoms with van der Waals surface area (Å²) >= 11 is 1.44. The summed E-state index contributed by atoms with van der Waals surface area (Å²) in [6.07, 6.45) is 2.17. The Morgan fingerprint density at radius 3 is 2.86 bits per heavy atom. The van der Waals surface area contributed by atoms with Crippen molar-refractivity contribution in [1.29, 1.82) is 0 Å². The van der Waals surface area contributed by atoms with Crippen LogP contribution in [0.5, 0.6) is 0 Å². The van der Waals surface area contributed by atoms with Gasteiger partial charge >= 0.3 is 5.97 Å². The van der Waals surface area contributed by atoms with Gasteiger partial charge in [-0.2, -0.15) is 0 Å². The molecule has 1 fully saturated rings. The van der Waals surface area contributed by atoms with Gasteiger partial charge in [0.1, 0.15) is 0 Å². The van der Waals surface area contributed by atoms with Gasteiger partial charge in [-0.25, -0.2) is 0 Å². The molecule has 1 aliphatic carbocycles. The zero-order chi connectivity index (χ0) is 15.0. The second-order valence-electron chi connectivity index (χ2n) is 5.79. The molecule has 0 spiro atoms. The molecule has 5 heteroatoms. The maximum absolute atomic E-state index is 12.4. The molecule has 1 heterocycles. The van der Waals surface area contributed by atoms with Crippen molar-refractivity contribution >= 4 is 33.3 Å². The SMILES string of the molecule is CC1(C(=O)O)CCCC1NC(=O)c1cc2ccccc2s1. The van der Waals surface area contributed by atoms with Crippen LogP contribution in [0, 0.1) is 5.41 Å². The van der Waals surface area contributed by atoms with Crippen LogP contribution in [0.3, 0.4) is 0 Å². The van der Waals surface area contributed by atoms with E-state index >= 15 is 0 Å². The summed E-state index contributed by atoms with van der Waals surface area (Å²) in [7, 11) is 0. The van der Waals surface area contributed by atoms with Gasteiger partial charge in [0.25, 0.3) is 5.91 Å². The van der Waals surface area contributed by atoms with Gasteiger partial charge < -0.3 is 10.4 Å². The molecular formula is C16H17NO3S. The summed E-state index contributed by atoms with van der Waals surface area (Å²) in [5, 5.41) is 13.4. The van der Waals surface area contributed by atoms with E-state index in [2.05, 4.69) is 5.32 Å². The number of nitrogens with one attached hydrogen (secondary N) is 1. The van der Waals surface area contributed by atoms with E-state index in [0.717, 1.165) is 22.9 Å². The van der Waals surface area contributed by atoms with Gasteiger partial charge in [-0.1, -0.05) is 24.6 Å². The van der Waals surface area contributed by atoms with Crippen molar-refractivity contribution in [2.45, 2.75) is 32.2 Å². The predicted molar refractivity (Wildman–Crippen MR) is 82.7 cm³/mol. The summed E-state index contributed by atoms with van der Waals surface area (Å²) in [5.41, 5.74) is -0.855. The molecule has 2 aromatic rings. The van der Waals surface area contributed by atoms with Crippen molar-refractivity contribution in [1.82, 2.24) is 5.32 Å². The Balaban J connectivity index is 1.81. The monoisotopic (exact) mass is 303 g/mol. The molecule has 2 atom stereocenters. The third-order valence-corrected chi connectivity index (χ3v) is 5.52. The summed E-state index contributed by atoms with van der Waals surface area (Å²) in [5.74, 6) is -1.00. The number of carboxylic acids is 1. The molecule has 0 aliphatic heterocycles. The first-order chi connectivity index (χ1) is 10.0. The van der Waals surface area contributed by atoms with Gasteiger partial charge in [0.05, 0.1) is 10.3 Å². The maximum atomic E-state index is 12.4. The van der Waals surface area contributed by atoms with Gasteiger partial charge in [-0.3, -0.25) is 9.59 Å². The Morgan fingerprint density at radius 2 is 2.14 bits per heavy atom. The lowest BCUT2D eigenvalue weighted by Crippen LogP contribution is -2.46. The molecule has 2 unspecified atom stereocenters. The van der Waals surface area contributed by atoms with E-state index < -0.39 is 11.4 Å². The molecule has 0 bridgehead atoms. The van der Waals surface area contributed by atoms with Crippen molar-refractivity contribution < 1.29 is 14.7 Å². The van der Waals surface area contributed by atoms with Crippen LogP contribution in [-0.2, 0) is 4.79 Å². The van der Waals surface area contributed by atoms with Crippen LogP contribution in [0.2, 0.25) is 0 Å². The number of hydrogen-bond acceptors (Lipinski definition) is 3. The van der Waals surface area contributed by atoms with E-state index in [4.69, 9.17) is 0 Å². The first-order valence-corrected chi connectivity index (χ1v) is 7.85. The minimum atomic E-state index is -0.855. The molecule has 21 heavy (non-hydrogen) atoms. The lowest BCUT2D eigenvalue weighted by Gasteiger charge is -2.27. The van der Waals surface area contributed by atoms with Gasteiger partial charge in [0.2, 0.25) is 0 Å². The van der Waals surface area contributed by atoms with Gasteiger partial charge in [-0.15, -0.1) is 11.3 Å². The van der Waals surface area contributed by atoms with Crippen LogP contribution in [0.1, 0.15) is 35.9 Å². The average molecular weight is 303 g/mol. The van der Waals surface area contributed by atoms with E-state index in [1.807, 2.05) is 30.3 Å². The largest absolute Gasteiger partial charge is 0.481 e. The zero-order valence-electron chi connectivity index (χ0n) is 11.8. The highest BCUT2D eigenvalue weighted by molar-refractivity contribution is 7.20. The van der Waals surface area contributed by atoms with E-state index in [1.165, 1.54) is 11.3 Å². The number of rotatable bonds is 3. The van der Waals surface area contributed by atoms with Crippen molar-refractivity contribution in [3.8, 4) is 0 Å². The summed E-state index contributed by atoms with van der Waals surface area (Å²) in [6, 6.07) is 9.40. The maximum Gasteiger partial charge on any atom is 0.311 e. The minimum Gasteiger partial charge on any atom is -0.481 e. The van der Waals surface area contributed by atoms with Crippen molar-refractivity contribution in [3.63, 3.8) is 0 Å². The molecule has 1 aliphatic rings. The first kappa shape index (κ1) is 14.1. The fourth-order valence-electron chi connectivity index (χ4n) is 2.98. The van der Waals surface area contributed by atoms with Crippen LogP contribution >= 0.6 is 11.3 Å². The molecule has 2 N–H and O–H groups in total. The highest BCUT2D eigenvalue weighted by Gasteiger charge is 2.46. The molecule has 3 rings (SSSR count). The second kappa shape index (κ2) is 5.15. The van der Waals surface area contributed by atoms with Crippen LogP contribution in [0.4, 0.5) is 0 Å². The van der Waals surface area contributed by atoms with Crippen molar-refractivity contribution in [3.05, 3.63) is 35.2 Å². The summed E-state index contributed by atoms with van der Waals surface area (Å²) < 4.78 is 1.06. The normalized spacial score (nSPS) is 25.1. The number of carbonyl (C=O) groups is 2. The zero-order valence-corrected chi connectivity index (χ0v) is 12.6. The predicted octanol–water partition coefficient (Wildman–Crippen LogP) is 3.27. The van der Waals surface area contributed by atoms with E-state index in [1.54, 1.807) is 6.92 Å². The minimum absolute atomic E-state index is 0.171. The number of hydrogen-bond donors (Lipinski definition) is 2. The lowest BCUT2D eigenvalue weighted by atomic mass is 9.85. The standard InChI is InChI=1S/C16H17NO3S/c1-16(15(19)20)8-4-7-13(16)17-14(18)12-9-10-5-2-3-6-11(10)21-12/h2-3,5-6,9,13H,4,7-8H2,1H3,(H,17,18)(H,19,20). The van der Waals surface area contributed by atoms with Gasteiger partial charge in [0, 0.05) is 10.7 Å². The van der Waals surface area contributed by atoms with Crippen molar-refractivity contribution in [2.24, 2.45) is 5.41 Å². The van der Waals surface area contributed by atoms with Crippen LogP contribution in [0.15, 0.2) is 30.3 Å². The highest BCUT2D eigenvalue weighted by Crippen LogP contribution is 2.38. The Labute approximate surface area is 126 Å². The molecule has 0 radical (unpaired) electrons. The Morgan fingerprint density at radius 1 is 1.38 bits per heavy atom. The molecule has 110 valence electrons. The summed E-state index contributed by atoms with van der Waals surface area (Å²) in [4.78, 5) is 24.5. The number of benzene rings is 1. The van der Waals surface area contributed by atoms with E-state index in [0.29, 0.717) is 11.3 Å². The molecule has 1 aromatic heterocycles. The molecule has 4 nitrogen and oxygen atoms in total. The number of amides is 1. The number of thiophene rings is 1. The first-order valence-electron chi connectivity index (χ1n) is 7.03. The third kappa shape index (κ3) is 2.42. The Bertz CT molecular complexity index is 675. The van der Waals surface area contributed by atoms with Gasteiger partial charge in [-0.05, 0) is 37.3 Å². The van der Waals surface area contributed by atoms with Crippen molar-refractivity contribution in [2.75, 3.05) is 0 Å². The molecule has 1 aromatic carbocycles. The Hall–Kier alpha value is -1.88. The molecular weight excluding hydrogens is 286 g/mol. The Kier molecular flexibility index (Phi) is 3.45. The molecule has 0 saturated heterocycles. The van der Waals surface area contributed by atoms with E-state index in [-0.39, 0.29) is 11.9 Å². The smallest absolute Gasteiger partial charge is 0.311 e. The number of fused-ring (bicyclic) bond motifs is 1. The number of aliphatic carboxylic acids is 1. The average Bonchev–Trinajstić information content (AvgIpc) is 3.04. The fourth-order valence-corrected chi connectivity index (χ4v) is 3.94. The second-order valence-corrected chi connectivity index (χ2v) is 6.87. The van der Waals surface area contributed by atoms with Crippen LogP contribution in [-0.4, -0.2) is 23.0 Å². The molecule has 1 saturated carbocycles. The number of carbonyl (C=O) groups excluding carboxylic acids is 1. The molecule has 1 amide bonds. The third-order valence-electron chi connectivity index (χ3n) is 4.40. The number of carboxylic acid groups (broad SMARTS) is 1. The topological polar surface area (TPSA) is 66.4 Å². The van der Waals surface area contributed by atoms with Crippen LogP contribution < -0.4 is 5.32 Å².